The summed E-state index contributed by atoms with van der Waals surface area (Å²) in [5.41, 5.74) is 2.09. The molecule has 2 N–H and O–H groups in total. The number of allylic oxidation sites excluding steroid dienone is 1. The maximum atomic E-state index is 13.1. The molecule has 0 radical (unpaired) electrons. The van der Waals surface area contributed by atoms with Gasteiger partial charge < -0.3 is 15.2 Å². The maximum absolute atomic E-state index is 13.1. The number of nitrogens with one attached hydrogen (secondary N) is 1. The van der Waals surface area contributed by atoms with Crippen molar-refractivity contribution in [3.05, 3.63) is 82.0 Å². The van der Waals surface area contributed by atoms with Crippen molar-refractivity contribution in [2.24, 2.45) is 0 Å². The van der Waals surface area contributed by atoms with E-state index in [1.807, 2.05) is 30.3 Å². The highest BCUT2D eigenvalue weighted by atomic mass is 35.5. The van der Waals surface area contributed by atoms with Crippen molar-refractivity contribution in [2.75, 3.05) is 6.54 Å². The predicted molar refractivity (Wildman–Crippen MR) is 115 cm³/mol. The van der Waals surface area contributed by atoms with Gasteiger partial charge in [0, 0.05) is 23.7 Å². The molecule has 0 fully saturated rings. The van der Waals surface area contributed by atoms with E-state index in [9.17, 15) is 14.4 Å². The summed E-state index contributed by atoms with van der Waals surface area (Å²) in [6.07, 6.45) is 0.169. The van der Waals surface area contributed by atoms with Crippen LogP contribution in [0.25, 0.3) is 0 Å². The number of carbonyl (C=O) groups is 3. The first-order valence-corrected chi connectivity index (χ1v) is 10.2. The summed E-state index contributed by atoms with van der Waals surface area (Å²) >= 11 is 6.35. The van der Waals surface area contributed by atoms with Crippen LogP contribution in [0.4, 0.5) is 4.79 Å². The Balaban J connectivity index is 1.92. The van der Waals surface area contributed by atoms with E-state index in [1.54, 1.807) is 31.2 Å². The summed E-state index contributed by atoms with van der Waals surface area (Å²) in [5.74, 6) is -1.52. The molecule has 3 rings (SSSR count). The summed E-state index contributed by atoms with van der Waals surface area (Å²) in [7, 11) is 0. The van der Waals surface area contributed by atoms with Crippen LogP contribution in [-0.4, -0.2) is 34.5 Å². The van der Waals surface area contributed by atoms with Crippen LogP contribution in [0.5, 0.6) is 0 Å². The van der Waals surface area contributed by atoms with Crippen molar-refractivity contribution in [3.63, 3.8) is 0 Å². The molecule has 0 aromatic heterocycles. The van der Waals surface area contributed by atoms with Gasteiger partial charge in [0.25, 0.3) is 0 Å². The zero-order valence-corrected chi connectivity index (χ0v) is 17.8. The minimum Gasteiger partial charge on any atom is -0.481 e. The number of ether oxygens (including phenoxy) is 1. The third-order valence-corrected chi connectivity index (χ3v) is 5.36. The first-order chi connectivity index (χ1) is 14.9. The second-order valence-corrected chi connectivity index (χ2v) is 7.52. The molecule has 0 bridgehead atoms. The molecule has 162 valence electrons. The molecule has 0 aliphatic carbocycles. The molecule has 0 saturated carbocycles. The minimum atomic E-state index is -0.949. The van der Waals surface area contributed by atoms with Crippen LogP contribution in [0.1, 0.15) is 36.9 Å². The SMILES string of the molecule is CC1=C(C(=O)OCc2ccccc2)C(c2ccccc2Cl)NC(=O)N1CCCC(=O)O. The number of halogens is 1. The zero-order chi connectivity index (χ0) is 22.4. The number of nitrogens with zero attached hydrogens (tertiary/aromatic N) is 1. The zero-order valence-electron chi connectivity index (χ0n) is 17.0. The fourth-order valence-electron chi connectivity index (χ4n) is 3.45. The standard InChI is InChI=1S/C23H23ClN2O5/c1-15-20(22(29)31-14-16-8-3-2-4-9-16)21(17-10-5-6-11-18(17)24)25-23(30)26(15)13-7-12-19(27)28/h2-6,8-11,21H,7,12-14H2,1H3,(H,25,30)(H,27,28). The number of urea groups is 1. The predicted octanol–water partition coefficient (Wildman–Crippen LogP) is 4.29. The topological polar surface area (TPSA) is 95.9 Å². The van der Waals surface area contributed by atoms with E-state index in [-0.39, 0.29) is 31.6 Å². The van der Waals surface area contributed by atoms with Crippen molar-refractivity contribution in [1.82, 2.24) is 10.2 Å². The Bertz CT molecular complexity index is 1010. The molecular formula is C23H23ClN2O5. The number of carboxylic acids is 1. The van der Waals surface area contributed by atoms with Crippen LogP contribution < -0.4 is 5.32 Å². The number of hydrogen-bond donors (Lipinski definition) is 2. The van der Waals surface area contributed by atoms with Crippen molar-refractivity contribution in [3.8, 4) is 0 Å². The van der Waals surface area contributed by atoms with Crippen LogP contribution >= 0.6 is 11.6 Å². The van der Waals surface area contributed by atoms with E-state index < -0.39 is 24.0 Å². The lowest BCUT2D eigenvalue weighted by atomic mass is 9.94. The normalized spacial score (nSPS) is 16.1. The van der Waals surface area contributed by atoms with E-state index >= 15 is 0 Å². The molecule has 0 saturated heterocycles. The highest BCUT2D eigenvalue weighted by molar-refractivity contribution is 6.31. The number of hydrogen-bond acceptors (Lipinski definition) is 4. The van der Waals surface area contributed by atoms with Gasteiger partial charge in [-0.3, -0.25) is 9.69 Å². The number of aliphatic carboxylic acids is 1. The van der Waals surface area contributed by atoms with Crippen molar-refractivity contribution < 1.29 is 24.2 Å². The summed E-state index contributed by atoms with van der Waals surface area (Å²) < 4.78 is 5.54. The molecule has 1 aliphatic heterocycles. The Kier molecular flexibility index (Phi) is 7.31. The highest BCUT2D eigenvalue weighted by Crippen LogP contribution is 2.34. The number of amides is 2. The van der Waals surface area contributed by atoms with Gasteiger partial charge in [0.2, 0.25) is 0 Å². The van der Waals surface area contributed by atoms with Gasteiger partial charge >= 0.3 is 18.0 Å². The fraction of sp³-hybridized carbons (Fsp3) is 0.261. The Morgan fingerprint density at radius 3 is 2.48 bits per heavy atom. The maximum Gasteiger partial charge on any atom is 0.338 e. The first-order valence-electron chi connectivity index (χ1n) is 9.84. The summed E-state index contributed by atoms with van der Waals surface area (Å²) in [6.45, 7) is 1.90. The summed E-state index contributed by atoms with van der Waals surface area (Å²) in [4.78, 5) is 38.1. The minimum absolute atomic E-state index is 0.0820. The van der Waals surface area contributed by atoms with Crippen molar-refractivity contribution >= 4 is 29.6 Å². The van der Waals surface area contributed by atoms with Gasteiger partial charge in [-0.2, -0.15) is 0 Å². The second kappa shape index (κ2) is 10.1. The third-order valence-electron chi connectivity index (χ3n) is 5.02. The Hall–Kier alpha value is -3.32. The Morgan fingerprint density at radius 2 is 1.81 bits per heavy atom. The van der Waals surface area contributed by atoms with E-state index in [0.29, 0.717) is 16.3 Å². The van der Waals surface area contributed by atoms with E-state index in [2.05, 4.69) is 5.32 Å². The monoisotopic (exact) mass is 442 g/mol. The Labute approximate surface area is 185 Å². The fourth-order valence-corrected chi connectivity index (χ4v) is 3.69. The van der Waals surface area contributed by atoms with Crippen LogP contribution in [0.3, 0.4) is 0 Å². The molecule has 1 atom stereocenters. The molecule has 1 aliphatic rings. The van der Waals surface area contributed by atoms with Crippen LogP contribution in [0.15, 0.2) is 65.9 Å². The second-order valence-electron chi connectivity index (χ2n) is 7.11. The number of esters is 1. The van der Waals surface area contributed by atoms with Crippen LogP contribution in [0.2, 0.25) is 5.02 Å². The first kappa shape index (κ1) is 22.4. The molecule has 2 aromatic rings. The van der Waals surface area contributed by atoms with Crippen LogP contribution in [-0.2, 0) is 20.9 Å². The van der Waals surface area contributed by atoms with E-state index in [4.69, 9.17) is 21.4 Å². The number of rotatable bonds is 8. The lowest BCUT2D eigenvalue weighted by Crippen LogP contribution is -2.48. The van der Waals surface area contributed by atoms with Gasteiger partial charge in [0.05, 0.1) is 11.6 Å². The lowest BCUT2D eigenvalue weighted by Gasteiger charge is -2.35. The van der Waals surface area contributed by atoms with E-state index in [1.165, 1.54) is 4.90 Å². The van der Waals surface area contributed by atoms with Gasteiger partial charge in [-0.1, -0.05) is 60.1 Å². The van der Waals surface area contributed by atoms with E-state index in [0.717, 1.165) is 5.56 Å². The van der Waals surface area contributed by atoms with Crippen LogP contribution in [0, 0.1) is 0 Å². The quantitative estimate of drug-likeness (QED) is 0.594. The Morgan fingerprint density at radius 1 is 1.13 bits per heavy atom. The van der Waals surface area contributed by atoms with Gasteiger partial charge in [0.15, 0.2) is 0 Å². The molecule has 0 spiro atoms. The number of carbonyl (C=O) groups excluding carboxylic acids is 2. The number of carboxylic acid groups (broad SMARTS) is 1. The van der Waals surface area contributed by atoms with Gasteiger partial charge in [0.1, 0.15) is 6.61 Å². The summed E-state index contributed by atoms with van der Waals surface area (Å²) in [6, 6.07) is 15.0. The van der Waals surface area contributed by atoms with Gasteiger partial charge in [-0.15, -0.1) is 0 Å². The van der Waals surface area contributed by atoms with Gasteiger partial charge in [-0.05, 0) is 30.5 Å². The largest absolute Gasteiger partial charge is 0.481 e. The average molecular weight is 443 g/mol. The molecule has 31 heavy (non-hydrogen) atoms. The molecule has 1 unspecified atom stereocenters. The smallest absolute Gasteiger partial charge is 0.338 e. The molecule has 2 aromatic carbocycles. The van der Waals surface area contributed by atoms with Crippen molar-refractivity contribution in [1.29, 1.82) is 0 Å². The average Bonchev–Trinajstić information content (AvgIpc) is 2.75. The summed E-state index contributed by atoms with van der Waals surface area (Å²) in [5, 5.41) is 12.1. The molecule has 2 amide bonds. The molecule has 8 heteroatoms. The molecular weight excluding hydrogens is 420 g/mol. The van der Waals surface area contributed by atoms with Gasteiger partial charge in [-0.25, -0.2) is 9.59 Å². The molecule has 1 heterocycles. The third kappa shape index (κ3) is 5.44. The molecule has 7 nitrogen and oxygen atoms in total. The number of benzene rings is 2. The van der Waals surface area contributed by atoms with Crippen molar-refractivity contribution in [2.45, 2.75) is 32.4 Å². The lowest BCUT2D eigenvalue weighted by molar-refractivity contribution is -0.141. The highest BCUT2D eigenvalue weighted by Gasteiger charge is 2.37.